The van der Waals surface area contributed by atoms with E-state index in [9.17, 15) is 4.80 Å². The first-order valence-electron chi connectivity index (χ1n) is 9.45. The van der Waals surface area contributed by atoms with Crippen molar-refractivity contribution in [2.45, 2.75) is 64.2 Å². The molecule has 2 rings (SSSR count). The molecule has 0 saturated carbocycles. The van der Waals surface area contributed by atoms with E-state index in [1.165, 1.54) is 12.8 Å². The van der Waals surface area contributed by atoms with Gasteiger partial charge in [-0.3, -0.25) is 0 Å². The fraction of sp³-hybridized carbons (Fsp3) is 0.650. The highest BCUT2D eigenvalue weighted by atomic mass is 35.5. The first-order valence-corrected chi connectivity index (χ1v) is 12.8. The van der Waals surface area contributed by atoms with Crippen molar-refractivity contribution in [1.29, 1.82) is 5.26 Å². The average Bonchev–Trinajstić information content (AvgIpc) is 2.56. The van der Waals surface area contributed by atoms with Gasteiger partial charge in [-0.05, 0) is 74.5 Å². The maximum absolute atomic E-state index is 10.6. The molecule has 1 saturated heterocycles. The number of nitrogens with one attached hydrogen (secondary N) is 2. The Hall–Kier alpha value is -1.06. The Labute approximate surface area is 164 Å². The zero-order chi connectivity index (χ0) is 19.5. The van der Waals surface area contributed by atoms with Crippen LogP contribution in [0.5, 0.6) is 0 Å². The molecule has 0 amide bonds. The lowest BCUT2D eigenvalue weighted by molar-refractivity contribution is 0.245. The molecule has 1 aliphatic heterocycles. The van der Waals surface area contributed by atoms with Crippen molar-refractivity contribution in [1.82, 2.24) is 5.32 Å². The fourth-order valence-corrected chi connectivity index (χ4v) is 4.56. The predicted octanol–water partition coefficient (Wildman–Crippen LogP) is 4.67. The zero-order valence-corrected chi connectivity index (χ0v) is 18.4. The van der Waals surface area contributed by atoms with Crippen LogP contribution in [0.2, 0.25) is 23.2 Å². The summed E-state index contributed by atoms with van der Waals surface area (Å²) in [4.78, 5) is 10.6. The highest BCUT2D eigenvalue weighted by molar-refractivity contribution is 6.72. The van der Waals surface area contributed by atoms with Gasteiger partial charge in [0.05, 0.1) is 10.6 Å². The first kappa shape index (κ1) is 21.2. The van der Waals surface area contributed by atoms with Crippen molar-refractivity contribution < 1.29 is 4.80 Å². The molecule has 0 bridgehead atoms. The van der Waals surface area contributed by atoms with E-state index in [2.05, 4.69) is 30.6 Å². The van der Waals surface area contributed by atoms with Crippen molar-refractivity contribution in [2.75, 3.05) is 18.4 Å². The number of halogens is 1. The van der Waals surface area contributed by atoms with Gasteiger partial charge in [0, 0.05) is 18.3 Å². The summed E-state index contributed by atoms with van der Waals surface area (Å²) < 4.78 is 0. The maximum Gasteiger partial charge on any atom is 0.188 e. The third kappa shape index (κ3) is 4.80. The molecule has 3 N–H and O–H groups in total. The van der Waals surface area contributed by atoms with Crippen LogP contribution in [0.4, 0.5) is 5.69 Å². The van der Waals surface area contributed by atoms with Gasteiger partial charge in [0.1, 0.15) is 6.07 Å². The minimum absolute atomic E-state index is 0.0113. The third-order valence-electron chi connectivity index (χ3n) is 6.18. The Balaban J connectivity index is 2.08. The van der Waals surface area contributed by atoms with E-state index in [-0.39, 0.29) is 5.04 Å². The zero-order valence-electron chi connectivity index (χ0n) is 16.6. The second-order valence-electron chi connectivity index (χ2n) is 8.70. The largest absolute Gasteiger partial charge is 0.432 e. The standard InChI is InChI=1S/C20H32ClN3OSi/c1-14-17(9-8-16(12-22)19(14)21)24-13-18-15(7-6-10-23-18)11-20(2,3)26(4,5)25/h8-9,15,18,23-25H,6-7,10-11,13H2,1-5H3. The second kappa shape index (κ2) is 8.31. The molecule has 0 aromatic heterocycles. The molecular formula is C20H32ClN3OSi. The van der Waals surface area contributed by atoms with Crippen molar-refractivity contribution in [3.63, 3.8) is 0 Å². The highest BCUT2D eigenvalue weighted by Crippen LogP contribution is 2.43. The van der Waals surface area contributed by atoms with E-state index in [1.54, 1.807) is 6.07 Å². The van der Waals surface area contributed by atoms with Crippen LogP contribution < -0.4 is 10.6 Å². The topological polar surface area (TPSA) is 68.1 Å². The molecule has 144 valence electrons. The van der Waals surface area contributed by atoms with E-state index in [1.807, 2.05) is 26.1 Å². The summed E-state index contributed by atoms with van der Waals surface area (Å²) in [6, 6.07) is 6.20. The summed E-state index contributed by atoms with van der Waals surface area (Å²) in [5.74, 6) is 0.541. The number of anilines is 1. The van der Waals surface area contributed by atoms with Crippen LogP contribution in [-0.2, 0) is 0 Å². The third-order valence-corrected chi connectivity index (χ3v) is 10.2. The summed E-state index contributed by atoms with van der Waals surface area (Å²) >= 11 is 6.28. The molecule has 2 atom stereocenters. The van der Waals surface area contributed by atoms with E-state index < -0.39 is 8.32 Å². The minimum Gasteiger partial charge on any atom is -0.432 e. The molecule has 6 heteroatoms. The number of nitriles is 1. The molecule has 26 heavy (non-hydrogen) atoms. The molecule has 1 fully saturated rings. The van der Waals surface area contributed by atoms with Crippen LogP contribution in [0.1, 0.15) is 44.2 Å². The van der Waals surface area contributed by atoms with Gasteiger partial charge in [0.15, 0.2) is 8.32 Å². The maximum atomic E-state index is 10.6. The molecule has 0 aliphatic carbocycles. The number of nitrogens with zero attached hydrogens (tertiary/aromatic N) is 1. The Kier molecular flexibility index (Phi) is 6.79. The Bertz CT molecular complexity index is 679. The van der Waals surface area contributed by atoms with Crippen molar-refractivity contribution in [2.24, 2.45) is 5.92 Å². The quantitative estimate of drug-likeness (QED) is 0.614. The van der Waals surface area contributed by atoms with Gasteiger partial charge in [0.2, 0.25) is 0 Å². The lowest BCUT2D eigenvalue weighted by Gasteiger charge is -2.42. The summed E-state index contributed by atoms with van der Waals surface area (Å²) in [6.07, 6.45) is 3.42. The molecule has 1 aliphatic rings. The summed E-state index contributed by atoms with van der Waals surface area (Å²) in [5.41, 5.74) is 2.42. The van der Waals surface area contributed by atoms with Gasteiger partial charge in [-0.2, -0.15) is 5.26 Å². The van der Waals surface area contributed by atoms with E-state index >= 15 is 0 Å². The number of hydrogen-bond acceptors (Lipinski definition) is 4. The highest BCUT2D eigenvalue weighted by Gasteiger charge is 2.41. The predicted molar refractivity (Wildman–Crippen MR) is 112 cm³/mol. The molecule has 1 aromatic carbocycles. The Morgan fingerprint density at radius 3 is 2.73 bits per heavy atom. The van der Waals surface area contributed by atoms with Crippen molar-refractivity contribution in [3.05, 3.63) is 28.3 Å². The molecule has 4 nitrogen and oxygen atoms in total. The van der Waals surface area contributed by atoms with Gasteiger partial charge in [-0.15, -0.1) is 0 Å². The van der Waals surface area contributed by atoms with Crippen LogP contribution in [0, 0.1) is 24.2 Å². The van der Waals surface area contributed by atoms with Gasteiger partial charge in [0.25, 0.3) is 0 Å². The number of hydrogen-bond donors (Lipinski definition) is 3. The van der Waals surface area contributed by atoms with Crippen molar-refractivity contribution in [3.8, 4) is 6.07 Å². The average molecular weight is 394 g/mol. The van der Waals surface area contributed by atoms with Gasteiger partial charge >= 0.3 is 0 Å². The Morgan fingerprint density at radius 1 is 1.42 bits per heavy atom. The van der Waals surface area contributed by atoms with Crippen molar-refractivity contribution >= 4 is 25.6 Å². The lowest BCUT2D eigenvalue weighted by Crippen LogP contribution is -2.49. The van der Waals surface area contributed by atoms with E-state index in [0.29, 0.717) is 22.5 Å². The molecule has 2 unspecified atom stereocenters. The molecular weight excluding hydrogens is 362 g/mol. The smallest absolute Gasteiger partial charge is 0.188 e. The number of rotatable bonds is 6. The molecule has 0 spiro atoms. The number of piperidine rings is 1. The SMILES string of the molecule is Cc1c(NCC2NCCCC2CC(C)(C)[Si](C)(C)O)ccc(C#N)c1Cl. The monoisotopic (exact) mass is 393 g/mol. The van der Waals surface area contributed by atoms with Crippen LogP contribution in [0.3, 0.4) is 0 Å². The van der Waals surface area contributed by atoms with Crippen LogP contribution in [0.15, 0.2) is 12.1 Å². The summed E-state index contributed by atoms with van der Waals surface area (Å²) in [7, 11) is -2.21. The van der Waals surface area contributed by atoms with Gasteiger partial charge in [-0.25, -0.2) is 0 Å². The summed E-state index contributed by atoms with van der Waals surface area (Å²) in [5, 5.41) is 16.8. The van der Waals surface area contributed by atoms with Crippen LogP contribution in [-0.4, -0.2) is 32.2 Å². The van der Waals surface area contributed by atoms with Crippen LogP contribution >= 0.6 is 11.6 Å². The minimum atomic E-state index is -2.21. The molecule has 1 heterocycles. The fourth-order valence-electron chi connectivity index (χ4n) is 3.59. The normalized spacial score (nSPS) is 21.3. The lowest BCUT2D eigenvalue weighted by atomic mass is 9.83. The van der Waals surface area contributed by atoms with Gasteiger partial charge in [-0.1, -0.05) is 25.4 Å². The van der Waals surface area contributed by atoms with E-state index in [0.717, 1.165) is 30.8 Å². The first-order chi connectivity index (χ1) is 12.1. The van der Waals surface area contributed by atoms with Gasteiger partial charge < -0.3 is 15.4 Å². The number of benzene rings is 1. The molecule has 1 aromatic rings. The molecule has 0 radical (unpaired) electrons. The van der Waals surface area contributed by atoms with Crippen LogP contribution in [0.25, 0.3) is 0 Å². The second-order valence-corrected chi connectivity index (χ2v) is 13.6. The Morgan fingerprint density at radius 2 is 2.12 bits per heavy atom. The van der Waals surface area contributed by atoms with E-state index in [4.69, 9.17) is 16.9 Å². The summed E-state index contributed by atoms with van der Waals surface area (Å²) in [6.45, 7) is 12.3.